The van der Waals surface area contributed by atoms with Crippen LogP contribution in [0.1, 0.15) is 28.8 Å². The molecule has 9 aromatic rings. The van der Waals surface area contributed by atoms with Gasteiger partial charge in [-0.05, 0) is 112 Å². The lowest BCUT2D eigenvalue weighted by molar-refractivity contribution is 0.672. The molecular weight excluding hydrogens is 609 g/mol. The highest BCUT2D eigenvalue weighted by Gasteiger charge is 2.31. The average molecular weight is 641 g/mol. The first-order valence-electron chi connectivity index (χ1n) is 17.5. The van der Waals surface area contributed by atoms with Gasteiger partial charge in [0.2, 0.25) is 0 Å². The van der Waals surface area contributed by atoms with E-state index in [1.165, 1.54) is 83.0 Å². The Labute approximate surface area is 289 Å². The van der Waals surface area contributed by atoms with Crippen LogP contribution in [0, 0.1) is 6.92 Å². The summed E-state index contributed by atoms with van der Waals surface area (Å²) in [6.45, 7) is 2.23. The summed E-state index contributed by atoms with van der Waals surface area (Å²) < 4.78 is 9.20. The van der Waals surface area contributed by atoms with Crippen LogP contribution >= 0.6 is 0 Å². The summed E-state index contributed by atoms with van der Waals surface area (Å²) in [6, 6.07) is 52.8. The van der Waals surface area contributed by atoms with Crippen LogP contribution in [0.2, 0.25) is 0 Å². The minimum absolute atomic E-state index is 0.880. The number of allylic oxidation sites excluding steroid dienone is 1. The molecule has 2 aromatic heterocycles. The minimum atomic E-state index is 0.880. The highest BCUT2D eigenvalue weighted by molar-refractivity contribution is 6.18. The second-order valence-corrected chi connectivity index (χ2v) is 13.7. The van der Waals surface area contributed by atoms with Gasteiger partial charge in [0.25, 0.3) is 0 Å². The molecule has 7 aromatic carbocycles. The van der Waals surface area contributed by atoms with Crippen LogP contribution in [0.4, 0.5) is 5.69 Å². The molecule has 3 heteroatoms. The standard InChI is InChI=1S/C47H32N2O/c1-28-12-5-6-16-32(28)44-40(48-30-26-29-13-11-20-36-33-17-7-8-18-34(33)39(27-30)43(29)36)24-22-38-45-41(49(46(38)44)31-14-3-2-4-15-31)25-23-37-35-19-9-10-21-42(35)50-47(37)45/h2-21,23,25-27,48H,22,24H2,1H3. The van der Waals surface area contributed by atoms with Crippen LogP contribution in [0.5, 0.6) is 0 Å². The molecule has 0 unspecified atom stereocenters. The zero-order valence-electron chi connectivity index (χ0n) is 27.6. The van der Waals surface area contributed by atoms with Gasteiger partial charge in [0.05, 0.1) is 11.2 Å². The van der Waals surface area contributed by atoms with Crippen molar-refractivity contribution in [2.45, 2.75) is 19.8 Å². The van der Waals surface area contributed by atoms with Gasteiger partial charge < -0.3 is 14.3 Å². The van der Waals surface area contributed by atoms with Gasteiger partial charge in [-0.25, -0.2) is 0 Å². The van der Waals surface area contributed by atoms with Crippen LogP contribution in [0.3, 0.4) is 0 Å². The Bertz CT molecular complexity index is 2900. The van der Waals surface area contributed by atoms with E-state index >= 15 is 0 Å². The number of fused-ring (bicyclic) bond motifs is 10. The first-order valence-corrected chi connectivity index (χ1v) is 17.5. The monoisotopic (exact) mass is 640 g/mol. The molecule has 3 nitrogen and oxygen atoms in total. The molecule has 2 heterocycles. The Morgan fingerprint density at radius 1 is 0.580 bits per heavy atom. The van der Waals surface area contributed by atoms with Crippen LogP contribution in [-0.2, 0) is 6.42 Å². The Kier molecular flexibility index (Phi) is 5.71. The Morgan fingerprint density at radius 3 is 2.18 bits per heavy atom. The van der Waals surface area contributed by atoms with E-state index in [1.54, 1.807) is 0 Å². The Hall–Kier alpha value is -6.32. The number of benzene rings is 7. The number of rotatable bonds is 4. The number of anilines is 1. The van der Waals surface area contributed by atoms with Gasteiger partial charge in [0.1, 0.15) is 11.2 Å². The molecule has 0 aliphatic heterocycles. The number of aromatic nitrogens is 1. The van der Waals surface area contributed by atoms with E-state index in [1.807, 2.05) is 0 Å². The van der Waals surface area contributed by atoms with E-state index in [2.05, 4.69) is 162 Å². The summed E-state index contributed by atoms with van der Waals surface area (Å²) in [4.78, 5) is 0. The summed E-state index contributed by atoms with van der Waals surface area (Å²) >= 11 is 0. The molecule has 1 N–H and O–H groups in total. The number of para-hydroxylation sites is 2. The van der Waals surface area contributed by atoms with Crippen LogP contribution in [0.25, 0.3) is 77.1 Å². The van der Waals surface area contributed by atoms with Crippen molar-refractivity contribution >= 4 is 54.9 Å². The molecule has 0 saturated heterocycles. The lowest BCUT2D eigenvalue weighted by atomic mass is 9.86. The third-order valence-corrected chi connectivity index (χ3v) is 10.9. The van der Waals surface area contributed by atoms with Crippen LogP contribution < -0.4 is 5.32 Å². The summed E-state index contributed by atoms with van der Waals surface area (Å²) in [5, 5.41) is 10.2. The highest BCUT2D eigenvalue weighted by atomic mass is 16.3. The fourth-order valence-electron chi connectivity index (χ4n) is 8.83. The lowest BCUT2D eigenvalue weighted by Gasteiger charge is -2.26. The maximum absolute atomic E-state index is 6.72. The molecule has 0 fully saturated rings. The molecule has 0 radical (unpaired) electrons. The largest absolute Gasteiger partial charge is 0.455 e. The Balaban J connectivity index is 1.21. The van der Waals surface area contributed by atoms with Crippen molar-refractivity contribution < 1.29 is 4.42 Å². The molecule has 11 rings (SSSR count). The van der Waals surface area contributed by atoms with E-state index in [4.69, 9.17) is 4.42 Å². The molecule has 0 saturated carbocycles. The fraction of sp³-hybridized carbons (Fsp3) is 0.0638. The summed E-state index contributed by atoms with van der Waals surface area (Å²) in [6.07, 6.45) is 1.78. The van der Waals surface area contributed by atoms with Gasteiger partial charge in [-0.3, -0.25) is 0 Å². The summed E-state index contributed by atoms with van der Waals surface area (Å²) in [5.74, 6) is 0. The fourth-order valence-corrected chi connectivity index (χ4v) is 8.83. The molecule has 0 bridgehead atoms. The zero-order valence-corrected chi connectivity index (χ0v) is 27.6. The topological polar surface area (TPSA) is 30.1 Å². The average Bonchev–Trinajstić information content (AvgIpc) is 3.81. The normalized spacial score (nSPS) is 13.5. The van der Waals surface area contributed by atoms with Crippen molar-refractivity contribution in [2.24, 2.45) is 0 Å². The first kappa shape index (κ1) is 27.6. The van der Waals surface area contributed by atoms with E-state index in [0.29, 0.717) is 0 Å². The molecule has 0 spiro atoms. The van der Waals surface area contributed by atoms with Gasteiger partial charge in [0, 0.05) is 38.8 Å². The van der Waals surface area contributed by atoms with Crippen LogP contribution in [-0.4, -0.2) is 4.57 Å². The van der Waals surface area contributed by atoms with Crippen molar-refractivity contribution in [2.75, 3.05) is 5.32 Å². The zero-order chi connectivity index (χ0) is 32.9. The third-order valence-electron chi connectivity index (χ3n) is 10.9. The summed E-state index contributed by atoms with van der Waals surface area (Å²) in [5.41, 5.74) is 18.1. The van der Waals surface area contributed by atoms with Gasteiger partial charge in [-0.15, -0.1) is 0 Å². The van der Waals surface area contributed by atoms with Gasteiger partial charge in [-0.2, -0.15) is 0 Å². The number of hydrogen-bond acceptors (Lipinski definition) is 2. The maximum Gasteiger partial charge on any atom is 0.145 e. The van der Waals surface area contributed by atoms with Crippen molar-refractivity contribution in [3.63, 3.8) is 0 Å². The minimum Gasteiger partial charge on any atom is -0.455 e. The lowest BCUT2D eigenvalue weighted by Crippen LogP contribution is -2.15. The molecule has 236 valence electrons. The summed E-state index contributed by atoms with van der Waals surface area (Å²) in [7, 11) is 0. The van der Waals surface area contributed by atoms with Crippen molar-refractivity contribution in [1.29, 1.82) is 0 Å². The number of nitrogens with one attached hydrogen (secondary N) is 1. The van der Waals surface area contributed by atoms with Crippen molar-refractivity contribution in [3.8, 4) is 27.9 Å². The predicted octanol–water partition coefficient (Wildman–Crippen LogP) is 12.5. The van der Waals surface area contributed by atoms with Crippen molar-refractivity contribution in [3.05, 3.63) is 174 Å². The van der Waals surface area contributed by atoms with Crippen LogP contribution in [0.15, 0.2) is 156 Å². The first-order chi connectivity index (χ1) is 24.7. The van der Waals surface area contributed by atoms with E-state index in [-0.39, 0.29) is 0 Å². The Morgan fingerprint density at radius 2 is 1.32 bits per heavy atom. The van der Waals surface area contributed by atoms with Gasteiger partial charge >= 0.3 is 0 Å². The quantitative estimate of drug-likeness (QED) is 0.207. The van der Waals surface area contributed by atoms with E-state index in [9.17, 15) is 0 Å². The van der Waals surface area contributed by atoms with E-state index < -0.39 is 0 Å². The van der Waals surface area contributed by atoms with Gasteiger partial charge in [-0.1, -0.05) is 103 Å². The molecule has 50 heavy (non-hydrogen) atoms. The number of hydrogen-bond donors (Lipinski definition) is 1. The molecule has 2 aliphatic carbocycles. The third kappa shape index (κ3) is 3.80. The number of furan rings is 1. The number of aryl methyl sites for hydroxylation is 2. The molecular formula is C47H32N2O. The second-order valence-electron chi connectivity index (χ2n) is 13.7. The maximum atomic E-state index is 6.72. The second kappa shape index (κ2) is 10.3. The molecule has 0 atom stereocenters. The number of nitrogens with zero attached hydrogens (tertiary/aromatic N) is 1. The van der Waals surface area contributed by atoms with Crippen molar-refractivity contribution in [1.82, 2.24) is 4.57 Å². The molecule has 2 aliphatic rings. The van der Waals surface area contributed by atoms with Gasteiger partial charge in [0.15, 0.2) is 0 Å². The van der Waals surface area contributed by atoms with E-state index in [0.717, 1.165) is 40.8 Å². The smallest absolute Gasteiger partial charge is 0.145 e. The SMILES string of the molecule is Cc1ccccc1C1=C(Nc2cc3c4c(cccc4c2)-c2ccccc2-3)CCc2c1n(-c1ccccc1)c1ccc3c4ccccc4oc3c21. The highest BCUT2D eigenvalue weighted by Crippen LogP contribution is 2.50. The molecule has 0 amide bonds. The predicted molar refractivity (Wildman–Crippen MR) is 208 cm³/mol.